The number of nitrogens with zero attached hydrogens (tertiary/aromatic N) is 5. The summed E-state index contributed by atoms with van der Waals surface area (Å²) in [5.41, 5.74) is -1.17. The van der Waals surface area contributed by atoms with E-state index in [1.54, 1.807) is 9.58 Å². The molecule has 3 aromatic rings. The van der Waals surface area contributed by atoms with Gasteiger partial charge in [0.2, 0.25) is 5.91 Å². The molecule has 2 aromatic heterocycles. The molecular formula is C47H64N6O9. The van der Waals surface area contributed by atoms with Crippen molar-refractivity contribution in [2.24, 2.45) is 34.5 Å². The molecule has 0 bridgehead atoms. The van der Waals surface area contributed by atoms with Crippen LogP contribution in [0.2, 0.25) is 0 Å². The minimum atomic E-state index is -1.14. The summed E-state index contributed by atoms with van der Waals surface area (Å²) >= 11 is 0. The number of carboxylic acids is 1. The van der Waals surface area contributed by atoms with E-state index in [1.165, 1.54) is 6.42 Å². The highest BCUT2D eigenvalue weighted by atomic mass is 16.5. The van der Waals surface area contributed by atoms with Gasteiger partial charge in [-0.3, -0.25) is 24.1 Å². The monoisotopic (exact) mass is 856 g/mol. The third-order valence-corrected chi connectivity index (χ3v) is 13.8. The Balaban J connectivity index is 1.07. The third-order valence-electron chi connectivity index (χ3n) is 13.8. The van der Waals surface area contributed by atoms with Gasteiger partial charge in [0.05, 0.1) is 49.1 Å². The zero-order chi connectivity index (χ0) is 43.9. The number of amides is 1. The second kappa shape index (κ2) is 17.8. The predicted octanol–water partition coefficient (Wildman–Crippen LogP) is 6.15. The third kappa shape index (κ3) is 9.73. The van der Waals surface area contributed by atoms with Gasteiger partial charge in [0.1, 0.15) is 36.1 Å². The molecule has 15 heteroatoms. The second-order valence-corrected chi connectivity index (χ2v) is 19.8. The number of hydrogen-bond donors (Lipinski definition) is 2. The van der Waals surface area contributed by atoms with Gasteiger partial charge in [0.25, 0.3) is 0 Å². The topological polar surface area (TPSA) is 175 Å². The largest absolute Gasteiger partial charge is 0.492 e. The lowest BCUT2D eigenvalue weighted by Gasteiger charge is -2.35. The van der Waals surface area contributed by atoms with E-state index in [2.05, 4.69) is 10.2 Å². The summed E-state index contributed by atoms with van der Waals surface area (Å²) in [6.45, 7) is 16.3. The maximum Gasteiger partial charge on any atom is 0.310 e. The first-order valence-electron chi connectivity index (χ1n) is 22.7. The molecule has 336 valence electrons. The summed E-state index contributed by atoms with van der Waals surface area (Å²) in [6.07, 6.45) is 4.99. The van der Waals surface area contributed by atoms with Crippen LogP contribution in [0.4, 0.5) is 5.82 Å². The number of likely N-dealkylation sites (tertiary alicyclic amines) is 1. The highest BCUT2D eigenvalue weighted by Crippen LogP contribution is 2.58. The minimum Gasteiger partial charge on any atom is -0.492 e. The van der Waals surface area contributed by atoms with Crippen molar-refractivity contribution in [3.63, 3.8) is 0 Å². The molecule has 0 spiro atoms. The molecule has 1 aromatic carbocycles. The maximum atomic E-state index is 14.9. The van der Waals surface area contributed by atoms with E-state index in [9.17, 15) is 24.3 Å². The van der Waals surface area contributed by atoms with Crippen LogP contribution in [0.3, 0.4) is 0 Å². The first-order valence-corrected chi connectivity index (χ1v) is 22.7. The van der Waals surface area contributed by atoms with Gasteiger partial charge in [0, 0.05) is 68.3 Å². The molecule has 5 fully saturated rings. The number of Topliss-reactive ketones (excluding diaryl/α,β-unsaturated/α-hetero) is 1. The molecule has 4 heterocycles. The van der Waals surface area contributed by atoms with E-state index in [4.69, 9.17) is 29.0 Å². The van der Waals surface area contributed by atoms with E-state index in [1.807, 2.05) is 78.1 Å². The molecule has 8 atom stereocenters. The Morgan fingerprint density at radius 2 is 1.77 bits per heavy atom. The van der Waals surface area contributed by atoms with Gasteiger partial charge in [-0.25, -0.2) is 9.67 Å². The van der Waals surface area contributed by atoms with Crippen molar-refractivity contribution in [2.75, 3.05) is 51.3 Å². The van der Waals surface area contributed by atoms with E-state index >= 15 is 0 Å². The number of esters is 1. The average Bonchev–Trinajstić information content (AvgIpc) is 3.89. The number of ether oxygens (including phenoxy) is 4. The summed E-state index contributed by atoms with van der Waals surface area (Å²) in [4.78, 5) is 64.2. The van der Waals surface area contributed by atoms with Gasteiger partial charge in [-0.2, -0.15) is 0 Å². The number of aromatic nitrogens is 3. The van der Waals surface area contributed by atoms with Crippen molar-refractivity contribution in [1.82, 2.24) is 24.6 Å². The number of carboxylic acid groups (broad SMARTS) is 1. The van der Waals surface area contributed by atoms with E-state index in [-0.39, 0.29) is 55.6 Å². The summed E-state index contributed by atoms with van der Waals surface area (Å²) in [5.74, 6) is 0.720. The van der Waals surface area contributed by atoms with E-state index in [0.29, 0.717) is 78.5 Å². The lowest BCUT2D eigenvalue weighted by Crippen LogP contribution is -2.48. The number of fused-ring (bicyclic) bond motifs is 2. The van der Waals surface area contributed by atoms with Crippen LogP contribution in [0.1, 0.15) is 92.9 Å². The number of morpholine rings is 1. The van der Waals surface area contributed by atoms with Crippen molar-refractivity contribution < 1.29 is 43.2 Å². The number of anilines is 1. The lowest BCUT2D eigenvalue weighted by atomic mass is 9.77. The smallest absolute Gasteiger partial charge is 0.310 e. The summed E-state index contributed by atoms with van der Waals surface area (Å²) < 4.78 is 26.1. The van der Waals surface area contributed by atoms with Crippen LogP contribution >= 0.6 is 0 Å². The fraction of sp³-hybridized carbons (Fsp3) is 0.660. The van der Waals surface area contributed by atoms with Crippen LogP contribution in [0.15, 0.2) is 36.5 Å². The maximum absolute atomic E-state index is 14.9. The Bertz CT molecular complexity index is 2130. The van der Waals surface area contributed by atoms with Gasteiger partial charge >= 0.3 is 11.9 Å². The number of aliphatic carboxylic acids is 1. The highest BCUT2D eigenvalue weighted by molar-refractivity contribution is 5.95. The molecule has 15 nitrogen and oxygen atoms in total. The first-order chi connectivity index (χ1) is 29.6. The molecule has 62 heavy (non-hydrogen) atoms. The van der Waals surface area contributed by atoms with Crippen LogP contribution in [0, 0.1) is 34.5 Å². The zero-order valence-corrected chi connectivity index (χ0v) is 37.1. The number of pyridine rings is 1. The number of nitrogens with one attached hydrogen (secondary N) is 1. The normalized spacial score (nSPS) is 27.5. The minimum absolute atomic E-state index is 0.0756. The average molecular weight is 857 g/mol. The van der Waals surface area contributed by atoms with Crippen molar-refractivity contribution in [1.29, 1.82) is 0 Å². The van der Waals surface area contributed by atoms with Crippen LogP contribution < -0.4 is 14.8 Å². The lowest BCUT2D eigenvalue weighted by molar-refractivity contribution is -0.157. The SMILES string of the molecule is CC[C@@H]1CC1(CC(=O)[C@@H]1CC(Oc2cc(-n3ccc(NC(C)C)n3)nc3cc(OCCN4CCOCC4)ccc23)CN1C(=O)[C@@H](CC(=O)OC1CC2C[C@H]2C1)C(C)(C)C)C(=O)O. The van der Waals surface area contributed by atoms with Crippen LogP contribution in [-0.4, -0.2) is 124 Å². The molecule has 8 rings (SSSR count). The van der Waals surface area contributed by atoms with Gasteiger partial charge in [-0.15, -0.1) is 5.10 Å². The number of ketones is 1. The molecule has 0 radical (unpaired) electrons. The summed E-state index contributed by atoms with van der Waals surface area (Å²) in [5, 5.41) is 19.1. The first kappa shape index (κ1) is 43.9. The highest BCUT2D eigenvalue weighted by Gasteiger charge is 2.61. The summed E-state index contributed by atoms with van der Waals surface area (Å²) in [7, 11) is 0. The molecule has 2 aliphatic heterocycles. The number of carbonyl (C=O) groups excluding carboxylic acids is 3. The molecule has 1 amide bonds. The number of carbonyl (C=O) groups is 4. The fourth-order valence-corrected chi connectivity index (χ4v) is 10.0. The summed E-state index contributed by atoms with van der Waals surface area (Å²) in [6, 6.07) is 8.60. The number of benzene rings is 1. The Labute approximate surface area is 364 Å². The Morgan fingerprint density at radius 3 is 2.45 bits per heavy atom. The van der Waals surface area contributed by atoms with Crippen LogP contribution in [-0.2, 0) is 28.7 Å². The van der Waals surface area contributed by atoms with Crippen molar-refractivity contribution in [2.45, 2.75) is 117 Å². The Hall–Kier alpha value is -4.76. The standard InChI is InChI=1S/C47H64N6O9/c1-7-31-25-47(31,45(57)58)26-39(54)38-22-34(27-52(38)44(56)36(46(4,5)6)23-43(55)62-33-19-29-18-30(29)20-33)61-40-24-42(53-11-10-41(50-53)48-28(2)3)49-37-21-32(8-9-35(37)40)60-17-14-51-12-15-59-16-13-51/h8-11,21,24,28-31,33-34,36,38H,7,12-20,22-23,25-27H2,1-6H3,(H,48,50)(H,57,58)/t29-,30?,31+,33?,34?,36+,38-,47?/m0/s1. The zero-order valence-electron chi connectivity index (χ0n) is 37.1. The molecule has 2 N–H and O–H groups in total. The van der Waals surface area contributed by atoms with Gasteiger partial charge in [0.15, 0.2) is 11.6 Å². The molecule has 5 aliphatic rings. The molecule has 3 saturated carbocycles. The van der Waals surface area contributed by atoms with Crippen molar-refractivity contribution in [3.05, 3.63) is 36.5 Å². The molecule has 4 unspecified atom stereocenters. The number of rotatable bonds is 18. The van der Waals surface area contributed by atoms with Gasteiger partial charge in [-0.05, 0) is 74.8 Å². The molecule has 3 aliphatic carbocycles. The number of hydrogen-bond acceptors (Lipinski definition) is 12. The quantitative estimate of drug-likeness (QED) is 0.140. The Kier molecular flexibility index (Phi) is 12.6. The van der Waals surface area contributed by atoms with Crippen LogP contribution in [0.5, 0.6) is 11.5 Å². The Morgan fingerprint density at radius 1 is 1.02 bits per heavy atom. The fourth-order valence-electron chi connectivity index (χ4n) is 10.0. The van der Waals surface area contributed by atoms with E-state index < -0.39 is 40.8 Å². The van der Waals surface area contributed by atoms with Crippen LogP contribution in [0.25, 0.3) is 16.7 Å². The van der Waals surface area contributed by atoms with Gasteiger partial charge in [-0.1, -0.05) is 34.1 Å². The predicted molar refractivity (Wildman–Crippen MR) is 231 cm³/mol. The van der Waals surface area contributed by atoms with Gasteiger partial charge < -0.3 is 34.3 Å². The van der Waals surface area contributed by atoms with E-state index in [0.717, 1.165) is 32.5 Å². The molecular weight excluding hydrogens is 793 g/mol. The van der Waals surface area contributed by atoms with Crippen molar-refractivity contribution >= 4 is 40.3 Å². The second-order valence-electron chi connectivity index (χ2n) is 19.8. The molecule has 2 saturated heterocycles. The van der Waals surface area contributed by atoms with Crippen molar-refractivity contribution in [3.8, 4) is 17.3 Å².